The summed E-state index contributed by atoms with van der Waals surface area (Å²) < 4.78 is 1.64. The van der Waals surface area contributed by atoms with E-state index in [1.54, 1.807) is 22.5 Å². The summed E-state index contributed by atoms with van der Waals surface area (Å²) in [5, 5.41) is 0.836. The van der Waals surface area contributed by atoms with Crippen molar-refractivity contribution in [3.05, 3.63) is 22.6 Å². The molecule has 0 saturated carbocycles. The first-order valence-electron chi connectivity index (χ1n) is 2.56. The van der Waals surface area contributed by atoms with Crippen LogP contribution in [0.1, 0.15) is 0 Å². The van der Waals surface area contributed by atoms with Crippen LogP contribution in [0.25, 0.3) is 0 Å². The third-order valence-corrected chi connectivity index (χ3v) is 2.19. The van der Waals surface area contributed by atoms with Crippen LogP contribution in [0, 0.1) is 0 Å². The average Bonchev–Trinajstić information content (AvgIpc) is 1.74. The van der Waals surface area contributed by atoms with Crippen molar-refractivity contribution in [3.8, 4) is 0 Å². The van der Waals surface area contributed by atoms with Gasteiger partial charge >= 0.3 is 0 Å². The van der Waals surface area contributed by atoms with E-state index in [0.717, 1.165) is 11.0 Å². The van der Waals surface area contributed by atoms with Crippen LogP contribution in [0.5, 0.6) is 0 Å². The number of nitrogens with zero attached hydrogens (tertiary/aromatic N) is 2. The fourth-order valence-electron chi connectivity index (χ4n) is 0.706. The zero-order chi connectivity index (χ0) is 6.27. The minimum Gasteiger partial charge on any atom is -0.277 e. The lowest BCUT2D eigenvalue weighted by Crippen LogP contribution is -2.26. The molecule has 4 heteroatoms. The molecule has 0 atom stereocenters. The minimum atomic E-state index is 0.0544. The van der Waals surface area contributed by atoms with Crippen LogP contribution in [0.15, 0.2) is 22.2 Å². The smallest absolute Gasteiger partial charge is 0.254 e. The molecule has 0 N–H and O–H groups in total. The first-order chi connectivity index (χ1) is 4.38. The van der Waals surface area contributed by atoms with Gasteiger partial charge in [-0.3, -0.25) is 9.36 Å². The second-order valence-electron chi connectivity index (χ2n) is 1.77. The Morgan fingerprint density at radius 2 is 2.67 bits per heavy atom. The summed E-state index contributed by atoms with van der Waals surface area (Å²) in [6, 6.07) is 1.48. The second-order valence-corrected chi connectivity index (χ2v) is 2.68. The Kier molecular flexibility index (Phi) is 0.900. The molecule has 0 unspecified atom stereocenters. The highest BCUT2D eigenvalue weighted by molar-refractivity contribution is 7.99. The highest BCUT2D eigenvalue weighted by atomic mass is 32.2. The van der Waals surface area contributed by atoms with Crippen LogP contribution in [0.4, 0.5) is 0 Å². The molecule has 0 bridgehead atoms. The molecular weight excluding hydrogens is 136 g/mol. The van der Waals surface area contributed by atoms with Gasteiger partial charge in [0.25, 0.3) is 5.56 Å². The van der Waals surface area contributed by atoms with Crippen molar-refractivity contribution < 1.29 is 0 Å². The molecule has 1 aromatic heterocycles. The fourth-order valence-corrected chi connectivity index (χ4v) is 1.43. The molecule has 1 aliphatic rings. The minimum absolute atomic E-state index is 0.0544. The number of thioether (sulfide) groups is 1. The molecule has 1 aliphatic heterocycles. The van der Waals surface area contributed by atoms with Gasteiger partial charge in [0.2, 0.25) is 0 Å². The van der Waals surface area contributed by atoms with Crippen molar-refractivity contribution in [1.29, 1.82) is 0 Å². The fraction of sp³-hybridized carbons (Fsp3) is 0.200. The largest absolute Gasteiger partial charge is 0.277 e. The van der Waals surface area contributed by atoms with Crippen LogP contribution in [0.2, 0.25) is 0 Å². The number of rotatable bonds is 0. The molecule has 0 amide bonds. The maximum atomic E-state index is 10.8. The first-order valence-corrected chi connectivity index (χ1v) is 3.55. The standard InChI is InChI=1S/C5H4N2OS/c8-4-1-2-6-5-7(4)3-9-5/h1-2H,3H2. The molecule has 2 heterocycles. The summed E-state index contributed by atoms with van der Waals surface area (Å²) in [6.07, 6.45) is 1.54. The molecule has 0 aromatic carbocycles. The van der Waals surface area contributed by atoms with Crippen LogP contribution < -0.4 is 5.56 Å². The van der Waals surface area contributed by atoms with Crippen molar-refractivity contribution in [1.82, 2.24) is 9.55 Å². The highest BCUT2D eigenvalue weighted by Crippen LogP contribution is 2.24. The highest BCUT2D eigenvalue weighted by Gasteiger charge is 2.13. The summed E-state index contributed by atoms with van der Waals surface area (Å²) >= 11 is 1.60. The molecule has 3 nitrogen and oxygen atoms in total. The number of fused-ring (bicyclic) bond motifs is 1. The van der Waals surface area contributed by atoms with Gasteiger partial charge in [-0.15, -0.1) is 0 Å². The van der Waals surface area contributed by atoms with Crippen molar-refractivity contribution >= 4 is 11.8 Å². The summed E-state index contributed by atoms with van der Waals surface area (Å²) in [4.78, 5) is 14.8. The monoisotopic (exact) mass is 140 g/mol. The topological polar surface area (TPSA) is 34.9 Å². The Hall–Kier alpha value is -0.770. The van der Waals surface area contributed by atoms with Crippen LogP contribution in [0.3, 0.4) is 0 Å². The number of hydrogen-bond acceptors (Lipinski definition) is 3. The lowest BCUT2D eigenvalue weighted by atomic mass is 10.6. The van der Waals surface area contributed by atoms with E-state index in [-0.39, 0.29) is 5.56 Å². The van der Waals surface area contributed by atoms with Gasteiger partial charge < -0.3 is 0 Å². The first kappa shape index (κ1) is 5.05. The van der Waals surface area contributed by atoms with Gasteiger partial charge in [-0.05, 0) is 0 Å². The lowest BCUT2D eigenvalue weighted by molar-refractivity contribution is 0.649. The quantitative estimate of drug-likeness (QED) is 0.486. The molecule has 46 valence electrons. The van der Waals surface area contributed by atoms with Gasteiger partial charge in [-0.2, -0.15) is 0 Å². The van der Waals surface area contributed by atoms with E-state index in [1.165, 1.54) is 6.07 Å². The average molecular weight is 140 g/mol. The Morgan fingerprint density at radius 1 is 1.78 bits per heavy atom. The molecule has 0 saturated heterocycles. The summed E-state index contributed by atoms with van der Waals surface area (Å²) in [7, 11) is 0. The van der Waals surface area contributed by atoms with Crippen molar-refractivity contribution in [2.45, 2.75) is 11.0 Å². The van der Waals surface area contributed by atoms with E-state index in [4.69, 9.17) is 0 Å². The van der Waals surface area contributed by atoms with Crippen LogP contribution in [-0.4, -0.2) is 9.55 Å². The van der Waals surface area contributed by atoms with Gasteiger partial charge in [-0.25, -0.2) is 4.98 Å². The lowest BCUT2D eigenvalue weighted by Gasteiger charge is -2.16. The van der Waals surface area contributed by atoms with Gasteiger partial charge in [0, 0.05) is 12.3 Å². The van der Waals surface area contributed by atoms with E-state index in [1.807, 2.05) is 0 Å². The summed E-state index contributed by atoms with van der Waals surface area (Å²) in [5.41, 5.74) is 0.0544. The maximum Gasteiger partial charge on any atom is 0.254 e. The van der Waals surface area contributed by atoms with E-state index in [9.17, 15) is 4.79 Å². The van der Waals surface area contributed by atoms with Gasteiger partial charge in [0.1, 0.15) is 0 Å². The van der Waals surface area contributed by atoms with E-state index >= 15 is 0 Å². The molecular formula is C5H4N2OS. The summed E-state index contributed by atoms with van der Waals surface area (Å²) in [5.74, 6) is 0.766. The Labute approximate surface area is 55.7 Å². The molecule has 0 spiro atoms. The van der Waals surface area contributed by atoms with Crippen LogP contribution in [-0.2, 0) is 5.88 Å². The van der Waals surface area contributed by atoms with Gasteiger partial charge in [0.15, 0.2) is 5.16 Å². The predicted octanol–water partition coefficient (Wildman–Crippen LogP) is 0.306. The SMILES string of the molecule is O=c1ccnc2n1CS2. The molecule has 0 aliphatic carbocycles. The van der Waals surface area contributed by atoms with Crippen molar-refractivity contribution in [2.24, 2.45) is 0 Å². The molecule has 9 heavy (non-hydrogen) atoms. The summed E-state index contributed by atoms with van der Waals surface area (Å²) in [6.45, 7) is 0. The normalized spacial score (nSPS) is 14.2. The molecule has 1 aromatic rings. The third kappa shape index (κ3) is 0.595. The predicted molar refractivity (Wildman–Crippen MR) is 34.4 cm³/mol. The van der Waals surface area contributed by atoms with Gasteiger partial charge in [0.05, 0.1) is 5.88 Å². The number of aromatic nitrogens is 2. The zero-order valence-electron chi connectivity index (χ0n) is 4.57. The van der Waals surface area contributed by atoms with E-state index < -0.39 is 0 Å². The van der Waals surface area contributed by atoms with E-state index in [0.29, 0.717) is 0 Å². The third-order valence-electron chi connectivity index (χ3n) is 1.22. The van der Waals surface area contributed by atoms with Gasteiger partial charge in [-0.1, -0.05) is 11.8 Å². The Bertz CT molecular complexity index is 293. The molecule has 2 rings (SSSR count). The van der Waals surface area contributed by atoms with E-state index in [2.05, 4.69) is 4.98 Å². The molecule has 0 fully saturated rings. The Balaban J connectivity index is 2.78. The zero-order valence-corrected chi connectivity index (χ0v) is 5.39. The van der Waals surface area contributed by atoms with Crippen molar-refractivity contribution in [2.75, 3.05) is 0 Å². The van der Waals surface area contributed by atoms with Crippen molar-refractivity contribution in [3.63, 3.8) is 0 Å². The maximum absolute atomic E-state index is 10.8. The molecule has 0 radical (unpaired) electrons. The second kappa shape index (κ2) is 1.60. The Morgan fingerprint density at radius 3 is 3.11 bits per heavy atom. The van der Waals surface area contributed by atoms with Crippen LogP contribution >= 0.6 is 11.8 Å². The number of hydrogen-bond donors (Lipinski definition) is 0.